The third kappa shape index (κ3) is 4.22. The number of anilines is 1. The zero-order valence-electron chi connectivity index (χ0n) is 15.1. The summed E-state index contributed by atoms with van der Waals surface area (Å²) in [7, 11) is 0. The number of benzene rings is 2. The van der Waals surface area contributed by atoms with E-state index in [0.717, 1.165) is 0 Å². The number of carbonyl (C=O) groups excluding carboxylic acids is 3. The maximum Gasteiger partial charge on any atom is 0.271 e. The van der Waals surface area contributed by atoms with E-state index in [1.165, 1.54) is 23.1 Å². The van der Waals surface area contributed by atoms with Crippen LogP contribution >= 0.6 is 0 Å². The number of nitro groups is 1. The second-order valence-electron chi connectivity index (χ2n) is 6.47. The Hall–Kier alpha value is -3.55. The molecule has 144 valence electrons. The average molecular weight is 381 g/mol. The molecular weight excluding hydrogens is 362 g/mol. The summed E-state index contributed by atoms with van der Waals surface area (Å²) in [5, 5.41) is 13.4. The number of hydrogen-bond donors (Lipinski definition) is 1. The molecule has 0 unspecified atom stereocenters. The summed E-state index contributed by atoms with van der Waals surface area (Å²) >= 11 is 0. The minimum Gasteiger partial charge on any atom is -0.326 e. The Kier molecular flexibility index (Phi) is 5.78. The van der Waals surface area contributed by atoms with Crippen molar-refractivity contribution >= 4 is 29.1 Å². The molecule has 2 aromatic rings. The van der Waals surface area contributed by atoms with Gasteiger partial charge >= 0.3 is 0 Å². The summed E-state index contributed by atoms with van der Waals surface area (Å²) < 4.78 is 0. The van der Waals surface area contributed by atoms with Crippen molar-refractivity contribution in [3.8, 4) is 0 Å². The number of fused-ring (bicyclic) bond motifs is 1. The van der Waals surface area contributed by atoms with Gasteiger partial charge in [0.05, 0.1) is 16.1 Å². The lowest BCUT2D eigenvalue weighted by Gasteiger charge is -2.13. The Balaban J connectivity index is 1.40. The van der Waals surface area contributed by atoms with E-state index in [1.54, 1.807) is 30.3 Å². The fraction of sp³-hybridized carbons (Fsp3) is 0.250. The number of nitrogens with zero attached hydrogens (tertiary/aromatic N) is 2. The molecule has 0 radical (unpaired) electrons. The third-order valence-corrected chi connectivity index (χ3v) is 4.50. The molecule has 0 fully saturated rings. The van der Waals surface area contributed by atoms with E-state index >= 15 is 0 Å². The molecule has 8 nitrogen and oxygen atoms in total. The maximum absolute atomic E-state index is 12.3. The van der Waals surface area contributed by atoms with Gasteiger partial charge in [0, 0.05) is 30.8 Å². The predicted octanol–water partition coefficient (Wildman–Crippen LogP) is 3.39. The number of unbranched alkanes of at least 4 members (excludes halogenated alkanes) is 2. The summed E-state index contributed by atoms with van der Waals surface area (Å²) in [5.41, 5.74) is 1.16. The highest BCUT2D eigenvalue weighted by atomic mass is 16.6. The van der Waals surface area contributed by atoms with Gasteiger partial charge in [-0.15, -0.1) is 0 Å². The lowest BCUT2D eigenvalue weighted by atomic mass is 10.1. The molecule has 0 bridgehead atoms. The summed E-state index contributed by atoms with van der Waals surface area (Å²) in [4.78, 5) is 47.9. The molecule has 28 heavy (non-hydrogen) atoms. The van der Waals surface area contributed by atoms with E-state index in [1.807, 2.05) is 0 Å². The van der Waals surface area contributed by atoms with Crippen molar-refractivity contribution in [1.82, 2.24) is 4.90 Å². The number of nitro benzene ring substituents is 1. The van der Waals surface area contributed by atoms with Crippen LogP contribution in [0.5, 0.6) is 0 Å². The highest BCUT2D eigenvalue weighted by Crippen LogP contribution is 2.23. The Bertz CT molecular complexity index is 906. The monoisotopic (exact) mass is 381 g/mol. The highest BCUT2D eigenvalue weighted by Gasteiger charge is 2.34. The lowest BCUT2D eigenvalue weighted by molar-refractivity contribution is -0.384. The fourth-order valence-corrected chi connectivity index (χ4v) is 3.10. The van der Waals surface area contributed by atoms with Gasteiger partial charge in [-0.25, -0.2) is 0 Å². The minimum atomic E-state index is -0.519. The van der Waals surface area contributed by atoms with E-state index in [0.29, 0.717) is 42.6 Å². The zero-order chi connectivity index (χ0) is 20.1. The summed E-state index contributed by atoms with van der Waals surface area (Å²) in [5.74, 6) is -0.783. The molecule has 1 aliphatic heterocycles. The fourth-order valence-electron chi connectivity index (χ4n) is 3.10. The normalized spacial score (nSPS) is 12.8. The van der Waals surface area contributed by atoms with Crippen LogP contribution in [0.3, 0.4) is 0 Å². The van der Waals surface area contributed by atoms with E-state index in [9.17, 15) is 24.5 Å². The maximum atomic E-state index is 12.3. The van der Waals surface area contributed by atoms with Crippen LogP contribution in [0.2, 0.25) is 0 Å². The Morgan fingerprint density at radius 3 is 2.29 bits per heavy atom. The summed E-state index contributed by atoms with van der Waals surface area (Å²) in [6, 6.07) is 12.5. The number of carbonyl (C=O) groups is 3. The van der Waals surface area contributed by atoms with Gasteiger partial charge in [-0.3, -0.25) is 29.4 Å². The second-order valence-corrected chi connectivity index (χ2v) is 6.47. The molecule has 1 N–H and O–H groups in total. The number of nitrogens with one attached hydrogen (secondary N) is 1. The van der Waals surface area contributed by atoms with E-state index in [-0.39, 0.29) is 29.8 Å². The molecule has 3 amide bonds. The van der Waals surface area contributed by atoms with Crippen molar-refractivity contribution < 1.29 is 19.3 Å². The third-order valence-electron chi connectivity index (χ3n) is 4.50. The molecule has 0 spiro atoms. The van der Waals surface area contributed by atoms with Crippen LogP contribution in [-0.2, 0) is 4.79 Å². The van der Waals surface area contributed by atoms with Gasteiger partial charge in [0.15, 0.2) is 0 Å². The smallest absolute Gasteiger partial charge is 0.271 e. The van der Waals surface area contributed by atoms with E-state index < -0.39 is 4.92 Å². The van der Waals surface area contributed by atoms with Crippen molar-refractivity contribution in [3.05, 3.63) is 69.8 Å². The first-order valence-corrected chi connectivity index (χ1v) is 8.97. The standard InChI is InChI=1S/C20H19N3O5/c24-18(21-14-7-6-8-15(13-14)23(27)28)11-2-1-5-12-22-19(25)16-9-3-4-10-17(16)20(22)26/h3-4,6-10,13H,1-2,5,11-12H2,(H,21,24). The van der Waals surface area contributed by atoms with Gasteiger partial charge in [0.1, 0.15) is 0 Å². The number of non-ortho nitro benzene ring substituents is 1. The molecule has 3 rings (SSSR count). The number of rotatable bonds is 8. The van der Waals surface area contributed by atoms with E-state index in [2.05, 4.69) is 5.32 Å². The van der Waals surface area contributed by atoms with Crippen molar-refractivity contribution in [2.45, 2.75) is 25.7 Å². The van der Waals surface area contributed by atoms with Gasteiger partial charge in [0.2, 0.25) is 5.91 Å². The van der Waals surface area contributed by atoms with Crippen LogP contribution in [-0.4, -0.2) is 34.1 Å². The van der Waals surface area contributed by atoms with Crippen LogP contribution in [0, 0.1) is 10.1 Å². The first-order valence-electron chi connectivity index (χ1n) is 8.97. The molecule has 2 aromatic carbocycles. The quantitative estimate of drug-likeness (QED) is 0.326. The molecule has 0 aromatic heterocycles. The Labute approximate surface area is 161 Å². The number of hydrogen-bond acceptors (Lipinski definition) is 5. The Morgan fingerprint density at radius 1 is 0.964 bits per heavy atom. The van der Waals surface area contributed by atoms with Gasteiger partial charge < -0.3 is 5.32 Å². The van der Waals surface area contributed by atoms with Crippen molar-refractivity contribution in [1.29, 1.82) is 0 Å². The van der Waals surface area contributed by atoms with Gasteiger partial charge in [-0.1, -0.05) is 24.6 Å². The molecule has 0 saturated carbocycles. The largest absolute Gasteiger partial charge is 0.326 e. The predicted molar refractivity (Wildman–Crippen MR) is 102 cm³/mol. The van der Waals surface area contributed by atoms with Gasteiger partial charge in [0.25, 0.3) is 17.5 Å². The summed E-state index contributed by atoms with van der Waals surface area (Å²) in [6.45, 7) is 0.318. The zero-order valence-corrected chi connectivity index (χ0v) is 15.1. The first kappa shape index (κ1) is 19.2. The molecule has 0 saturated heterocycles. The van der Waals surface area contributed by atoms with E-state index in [4.69, 9.17) is 0 Å². The molecule has 0 atom stereocenters. The Morgan fingerprint density at radius 2 is 1.64 bits per heavy atom. The SMILES string of the molecule is O=C(CCCCCN1C(=O)c2ccccc2C1=O)Nc1cccc([N+](=O)[O-])c1. The van der Waals surface area contributed by atoms with Gasteiger partial charge in [-0.2, -0.15) is 0 Å². The molecule has 1 heterocycles. The summed E-state index contributed by atoms with van der Waals surface area (Å²) in [6.07, 6.45) is 2.13. The van der Waals surface area contributed by atoms with Crippen LogP contribution in [0.15, 0.2) is 48.5 Å². The first-order chi connectivity index (χ1) is 13.5. The van der Waals surface area contributed by atoms with Crippen molar-refractivity contribution in [2.24, 2.45) is 0 Å². The molecular formula is C20H19N3O5. The van der Waals surface area contributed by atoms with Crippen LogP contribution in [0.25, 0.3) is 0 Å². The second kappa shape index (κ2) is 8.43. The number of imide groups is 1. The van der Waals surface area contributed by atoms with Gasteiger partial charge in [-0.05, 0) is 31.0 Å². The molecule has 8 heteroatoms. The lowest BCUT2D eigenvalue weighted by Crippen LogP contribution is -2.30. The van der Waals surface area contributed by atoms with Crippen LogP contribution in [0.1, 0.15) is 46.4 Å². The average Bonchev–Trinajstić information content (AvgIpc) is 2.93. The topological polar surface area (TPSA) is 110 Å². The van der Waals surface area contributed by atoms with Crippen molar-refractivity contribution in [2.75, 3.05) is 11.9 Å². The molecule has 1 aliphatic rings. The molecule has 0 aliphatic carbocycles. The highest BCUT2D eigenvalue weighted by molar-refractivity contribution is 6.21. The van der Waals surface area contributed by atoms with Crippen LogP contribution in [0.4, 0.5) is 11.4 Å². The van der Waals surface area contributed by atoms with Crippen LogP contribution < -0.4 is 5.32 Å². The minimum absolute atomic E-state index is 0.0845. The number of amides is 3. The van der Waals surface area contributed by atoms with Crippen molar-refractivity contribution in [3.63, 3.8) is 0 Å².